The largest absolute Gasteiger partial charge is 0.465 e. The maximum Gasteiger partial charge on any atom is 0.326 e. The van der Waals surface area contributed by atoms with Crippen LogP contribution in [0.4, 0.5) is 0 Å². The van der Waals surface area contributed by atoms with Gasteiger partial charge in [-0.2, -0.15) is 0 Å². The molecule has 0 radical (unpaired) electrons. The van der Waals surface area contributed by atoms with Crippen LogP contribution in [0.3, 0.4) is 0 Å². The summed E-state index contributed by atoms with van der Waals surface area (Å²) in [4.78, 5) is 14.5. The number of likely N-dealkylation sites (N-methyl/N-ethyl adjacent to an activating group) is 1. The van der Waals surface area contributed by atoms with Crippen molar-refractivity contribution in [3.05, 3.63) is 0 Å². The molecule has 1 N–H and O–H groups in total. The highest BCUT2D eigenvalue weighted by Gasteiger charge is 2.33. The Labute approximate surface area is 123 Å². The van der Waals surface area contributed by atoms with Crippen molar-refractivity contribution in [1.29, 1.82) is 0 Å². The fraction of sp³-hybridized carbons (Fsp3) is 0.933. The number of ether oxygens (including phenoxy) is 2. The minimum absolute atomic E-state index is 0.142. The molecule has 20 heavy (non-hydrogen) atoms. The average Bonchev–Trinajstić information content (AvgIpc) is 2.41. The van der Waals surface area contributed by atoms with Gasteiger partial charge in [0.2, 0.25) is 0 Å². The fourth-order valence-corrected chi connectivity index (χ4v) is 2.67. The van der Waals surface area contributed by atoms with Gasteiger partial charge in [0.25, 0.3) is 0 Å². The molecule has 1 saturated heterocycles. The van der Waals surface area contributed by atoms with E-state index in [1.54, 1.807) is 0 Å². The Morgan fingerprint density at radius 3 is 2.85 bits per heavy atom. The summed E-state index contributed by atoms with van der Waals surface area (Å²) in [7, 11) is 0. The lowest BCUT2D eigenvalue weighted by Gasteiger charge is -2.34. The van der Waals surface area contributed by atoms with E-state index in [4.69, 9.17) is 9.47 Å². The predicted octanol–water partition coefficient (Wildman–Crippen LogP) is 1.42. The predicted molar refractivity (Wildman–Crippen MR) is 79.8 cm³/mol. The van der Waals surface area contributed by atoms with Gasteiger partial charge in [-0.1, -0.05) is 6.92 Å². The van der Waals surface area contributed by atoms with E-state index in [0.29, 0.717) is 12.6 Å². The molecule has 0 saturated carbocycles. The van der Waals surface area contributed by atoms with E-state index in [2.05, 4.69) is 17.1 Å². The minimum Gasteiger partial charge on any atom is -0.465 e. The summed E-state index contributed by atoms with van der Waals surface area (Å²) in [6.07, 6.45) is 1.77. The molecule has 1 fully saturated rings. The van der Waals surface area contributed by atoms with Crippen LogP contribution < -0.4 is 5.32 Å². The molecule has 1 aliphatic rings. The van der Waals surface area contributed by atoms with Gasteiger partial charge in [-0.3, -0.25) is 9.69 Å². The number of hydrogen-bond donors (Lipinski definition) is 1. The summed E-state index contributed by atoms with van der Waals surface area (Å²) in [6.45, 7) is 12.8. The van der Waals surface area contributed by atoms with Crippen LogP contribution in [0.2, 0.25) is 0 Å². The van der Waals surface area contributed by atoms with Crippen molar-refractivity contribution in [3.63, 3.8) is 0 Å². The van der Waals surface area contributed by atoms with E-state index in [1.807, 2.05) is 20.8 Å². The normalized spacial score (nSPS) is 23.3. The number of morpholine rings is 1. The van der Waals surface area contributed by atoms with Crippen LogP contribution in [0.5, 0.6) is 0 Å². The molecule has 1 heterocycles. The van der Waals surface area contributed by atoms with Gasteiger partial charge in [-0.05, 0) is 46.7 Å². The van der Waals surface area contributed by atoms with Crippen LogP contribution in [0, 0.1) is 0 Å². The second kappa shape index (κ2) is 8.60. The Kier molecular flexibility index (Phi) is 7.48. The number of nitrogens with zero attached hydrogens (tertiary/aromatic N) is 1. The van der Waals surface area contributed by atoms with Crippen LogP contribution in [0.25, 0.3) is 0 Å². The number of nitrogens with one attached hydrogen (secondary N) is 1. The first-order chi connectivity index (χ1) is 9.53. The minimum atomic E-state index is -0.569. The maximum absolute atomic E-state index is 12.1. The van der Waals surface area contributed by atoms with Crippen molar-refractivity contribution < 1.29 is 14.3 Å². The monoisotopic (exact) mass is 286 g/mol. The second-order valence-electron chi connectivity index (χ2n) is 5.65. The topological polar surface area (TPSA) is 50.8 Å². The lowest BCUT2D eigenvalue weighted by molar-refractivity contribution is -0.150. The fourth-order valence-electron chi connectivity index (χ4n) is 2.67. The Balaban J connectivity index is 2.43. The van der Waals surface area contributed by atoms with Crippen molar-refractivity contribution in [2.45, 2.75) is 52.1 Å². The van der Waals surface area contributed by atoms with Gasteiger partial charge in [0.1, 0.15) is 5.54 Å². The third-order valence-corrected chi connectivity index (χ3v) is 3.92. The molecule has 1 aliphatic heterocycles. The smallest absolute Gasteiger partial charge is 0.326 e. The molecule has 0 amide bonds. The SMILES string of the molecule is CCNC(C)(CCCN1CCOCC1C)C(=O)OCC. The summed E-state index contributed by atoms with van der Waals surface area (Å²) in [5.74, 6) is -0.142. The Bertz CT molecular complexity index is 299. The van der Waals surface area contributed by atoms with Gasteiger partial charge >= 0.3 is 5.97 Å². The molecule has 5 heteroatoms. The lowest BCUT2D eigenvalue weighted by atomic mass is 9.95. The summed E-state index contributed by atoms with van der Waals surface area (Å²) in [6, 6.07) is 0.469. The molecular formula is C15H30N2O3. The van der Waals surface area contributed by atoms with Crippen LogP contribution in [0.1, 0.15) is 40.5 Å². The van der Waals surface area contributed by atoms with Crippen molar-refractivity contribution in [2.24, 2.45) is 0 Å². The zero-order chi connectivity index (χ0) is 15.0. The van der Waals surface area contributed by atoms with Crippen molar-refractivity contribution in [3.8, 4) is 0 Å². The highest BCUT2D eigenvalue weighted by Crippen LogP contribution is 2.16. The molecule has 1 rings (SSSR count). The number of carbonyl (C=O) groups is 1. The first kappa shape index (κ1) is 17.4. The first-order valence-corrected chi connectivity index (χ1v) is 7.77. The Morgan fingerprint density at radius 1 is 1.50 bits per heavy atom. The quantitative estimate of drug-likeness (QED) is 0.684. The Morgan fingerprint density at radius 2 is 2.25 bits per heavy atom. The first-order valence-electron chi connectivity index (χ1n) is 7.77. The number of rotatable bonds is 8. The third-order valence-electron chi connectivity index (χ3n) is 3.92. The van der Waals surface area contributed by atoms with Gasteiger partial charge in [0.05, 0.1) is 19.8 Å². The van der Waals surface area contributed by atoms with E-state index in [0.717, 1.165) is 45.7 Å². The van der Waals surface area contributed by atoms with Gasteiger partial charge in [-0.25, -0.2) is 0 Å². The molecule has 2 atom stereocenters. The molecular weight excluding hydrogens is 256 g/mol. The Hall–Kier alpha value is -0.650. The van der Waals surface area contributed by atoms with Crippen LogP contribution in [0.15, 0.2) is 0 Å². The van der Waals surface area contributed by atoms with Crippen molar-refractivity contribution in [1.82, 2.24) is 10.2 Å². The van der Waals surface area contributed by atoms with Gasteiger partial charge in [0.15, 0.2) is 0 Å². The molecule has 0 spiro atoms. The third kappa shape index (κ3) is 5.04. The second-order valence-corrected chi connectivity index (χ2v) is 5.65. The van der Waals surface area contributed by atoms with Crippen LogP contribution in [-0.4, -0.2) is 61.9 Å². The zero-order valence-corrected chi connectivity index (χ0v) is 13.4. The molecule has 5 nitrogen and oxygen atoms in total. The van der Waals surface area contributed by atoms with Crippen LogP contribution in [-0.2, 0) is 14.3 Å². The molecule has 0 aromatic rings. The number of carbonyl (C=O) groups excluding carboxylic acids is 1. The average molecular weight is 286 g/mol. The van der Waals surface area contributed by atoms with Crippen molar-refractivity contribution in [2.75, 3.05) is 39.5 Å². The van der Waals surface area contributed by atoms with E-state index >= 15 is 0 Å². The van der Waals surface area contributed by atoms with E-state index in [1.165, 1.54) is 0 Å². The molecule has 0 aliphatic carbocycles. The zero-order valence-electron chi connectivity index (χ0n) is 13.4. The molecule has 0 aromatic heterocycles. The van der Waals surface area contributed by atoms with Gasteiger partial charge < -0.3 is 14.8 Å². The molecule has 118 valence electrons. The van der Waals surface area contributed by atoms with E-state index in [-0.39, 0.29) is 5.97 Å². The summed E-state index contributed by atoms with van der Waals surface area (Å²) >= 11 is 0. The maximum atomic E-state index is 12.1. The highest BCUT2D eigenvalue weighted by molar-refractivity contribution is 5.80. The summed E-state index contributed by atoms with van der Waals surface area (Å²) < 4.78 is 10.6. The van der Waals surface area contributed by atoms with Gasteiger partial charge in [0, 0.05) is 12.6 Å². The highest BCUT2D eigenvalue weighted by atomic mass is 16.5. The van der Waals surface area contributed by atoms with E-state index < -0.39 is 5.54 Å². The summed E-state index contributed by atoms with van der Waals surface area (Å²) in [5.41, 5.74) is -0.569. The number of hydrogen-bond acceptors (Lipinski definition) is 5. The van der Waals surface area contributed by atoms with Crippen molar-refractivity contribution >= 4 is 5.97 Å². The van der Waals surface area contributed by atoms with Crippen LogP contribution >= 0.6 is 0 Å². The standard InChI is InChI=1S/C15H30N2O3/c1-5-16-15(4,14(18)20-6-2)8-7-9-17-10-11-19-12-13(17)3/h13,16H,5-12H2,1-4H3. The van der Waals surface area contributed by atoms with Gasteiger partial charge in [-0.15, -0.1) is 0 Å². The number of esters is 1. The molecule has 2 unspecified atom stereocenters. The molecule has 0 aromatic carbocycles. The summed E-state index contributed by atoms with van der Waals surface area (Å²) in [5, 5.41) is 3.27. The lowest BCUT2D eigenvalue weighted by Crippen LogP contribution is -2.51. The van der Waals surface area contributed by atoms with E-state index in [9.17, 15) is 4.79 Å². The molecule has 0 bridgehead atoms.